The van der Waals surface area contributed by atoms with Gasteiger partial charge in [0.15, 0.2) is 0 Å². The highest BCUT2D eigenvalue weighted by Gasteiger charge is 2.41. The molecular weight excluding hydrogens is 364 g/mol. The van der Waals surface area contributed by atoms with E-state index >= 15 is 0 Å². The Kier molecular flexibility index (Phi) is 10.1. The van der Waals surface area contributed by atoms with Gasteiger partial charge >= 0.3 is 5.97 Å². The van der Waals surface area contributed by atoms with Gasteiger partial charge in [-0.25, -0.2) is 0 Å². The van der Waals surface area contributed by atoms with E-state index in [9.17, 15) is 14.7 Å². The Labute approximate surface area is 176 Å². The Morgan fingerprint density at radius 1 is 1.28 bits per heavy atom. The van der Waals surface area contributed by atoms with Crippen molar-refractivity contribution in [1.82, 2.24) is 0 Å². The van der Waals surface area contributed by atoms with Crippen LogP contribution in [0.5, 0.6) is 0 Å². The summed E-state index contributed by atoms with van der Waals surface area (Å²) in [6.07, 6.45) is 19.2. The van der Waals surface area contributed by atoms with Crippen LogP contribution in [0.25, 0.3) is 0 Å². The normalized spacial score (nSPS) is 24.9. The van der Waals surface area contributed by atoms with Crippen molar-refractivity contribution in [3.05, 3.63) is 24.3 Å². The van der Waals surface area contributed by atoms with Gasteiger partial charge in [-0.1, -0.05) is 50.5 Å². The zero-order valence-corrected chi connectivity index (χ0v) is 18.4. The lowest BCUT2D eigenvalue weighted by molar-refractivity contribution is -0.143. The third-order valence-electron chi connectivity index (χ3n) is 6.81. The van der Waals surface area contributed by atoms with Gasteiger partial charge in [0, 0.05) is 18.8 Å². The van der Waals surface area contributed by atoms with E-state index in [4.69, 9.17) is 4.74 Å². The Morgan fingerprint density at radius 3 is 2.72 bits per heavy atom. The SMILES string of the molecule is CCCCC1([C@H](O)/C=C/C2CCC(=O)[C@@H]2C/C=C\CCCC(=O)OCC)CCC1. The Bertz CT molecular complexity index is 573. The molecular formula is C25H40O4. The molecule has 0 heterocycles. The van der Waals surface area contributed by atoms with Gasteiger partial charge in [-0.2, -0.15) is 0 Å². The van der Waals surface area contributed by atoms with E-state index in [-0.39, 0.29) is 29.3 Å². The molecule has 1 unspecified atom stereocenters. The quantitative estimate of drug-likeness (QED) is 0.249. The maximum absolute atomic E-state index is 12.3. The van der Waals surface area contributed by atoms with Crippen molar-refractivity contribution in [3.8, 4) is 0 Å². The second-order valence-corrected chi connectivity index (χ2v) is 8.83. The fraction of sp³-hybridized carbons (Fsp3) is 0.760. The molecule has 2 fully saturated rings. The molecule has 0 aliphatic heterocycles. The van der Waals surface area contributed by atoms with Crippen LogP contribution in [0, 0.1) is 17.3 Å². The summed E-state index contributed by atoms with van der Waals surface area (Å²) < 4.78 is 4.93. The van der Waals surface area contributed by atoms with Crippen LogP contribution in [0.15, 0.2) is 24.3 Å². The van der Waals surface area contributed by atoms with Crippen LogP contribution in [0.3, 0.4) is 0 Å². The topological polar surface area (TPSA) is 63.6 Å². The van der Waals surface area contributed by atoms with E-state index in [1.54, 1.807) is 0 Å². The van der Waals surface area contributed by atoms with Crippen LogP contribution in [0.4, 0.5) is 0 Å². The van der Waals surface area contributed by atoms with Crippen LogP contribution in [0.1, 0.15) is 90.9 Å². The second-order valence-electron chi connectivity index (χ2n) is 8.83. The van der Waals surface area contributed by atoms with Crippen molar-refractivity contribution in [2.45, 2.75) is 97.0 Å². The molecule has 0 aromatic rings. The number of carbonyl (C=O) groups excluding carboxylic acids is 2. The predicted molar refractivity (Wildman–Crippen MR) is 116 cm³/mol. The molecule has 2 saturated carbocycles. The average Bonchev–Trinajstić information content (AvgIpc) is 3.02. The molecule has 1 N–H and O–H groups in total. The van der Waals surface area contributed by atoms with Gasteiger partial charge in [0.25, 0.3) is 0 Å². The minimum absolute atomic E-state index is 0.0349. The van der Waals surface area contributed by atoms with Crippen molar-refractivity contribution in [1.29, 1.82) is 0 Å². The monoisotopic (exact) mass is 404 g/mol. The van der Waals surface area contributed by atoms with Crippen molar-refractivity contribution < 1.29 is 19.4 Å². The first-order valence-corrected chi connectivity index (χ1v) is 11.7. The largest absolute Gasteiger partial charge is 0.466 e. The molecule has 3 atom stereocenters. The fourth-order valence-electron chi connectivity index (χ4n) is 4.73. The summed E-state index contributed by atoms with van der Waals surface area (Å²) in [4.78, 5) is 23.7. The number of hydrogen-bond donors (Lipinski definition) is 1. The number of aliphatic hydroxyl groups is 1. The molecule has 0 radical (unpaired) electrons. The summed E-state index contributed by atoms with van der Waals surface area (Å²) in [5.41, 5.74) is 0.0868. The Hall–Kier alpha value is -1.42. The van der Waals surface area contributed by atoms with Crippen molar-refractivity contribution >= 4 is 11.8 Å². The number of esters is 1. The molecule has 2 aliphatic carbocycles. The molecule has 0 bridgehead atoms. The summed E-state index contributed by atoms with van der Waals surface area (Å²) in [6, 6.07) is 0. The van der Waals surface area contributed by atoms with E-state index in [0.29, 0.717) is 25.2 Å². The van der Waals surface area contributed by atoms with Crippen LogP contribution >= 0.6 is 0 Å². The number of unbranched alkanes of at least 4 members (excludes halogenated alkanes) is 2. The van der Waals surface area contributed by atoms with E-state index in [1.165, 1.54) is 19.3 Å². The number of Topliss-reactive ketones (excluding diaryl/α,β-unsaturated/α-hetero) is 1. The van der Waals surface area contributed by atoms with Crippen molar-refractivity contribution in [3.63, 3.8) is 0 Å². The van der Waals surface area contributed by atoms with Crippen molar-refractivity contribution in [2.24, 2.45) is 17.3 Å². The van der Waals surface area contributed by atoms with Gasteiger partial charge in [0.1, 0.15) is 5.78 Å². The Morgan fingerprint density at radius 2 is 2.07 bits per heavy atom. The molecule has 29 heavy (non-hydrogen) atoms. The number of allylic oxidation sites excluding steroid dienone is 3. The summed E-state index contributed by atoms with van der Waals surface area (Å²) in [7, 11) is 0. The zero-order chi connectivity index (χ0) is 21.1. The van der Waals surface area contributed by atoms with Gasteiger partial charge in [0.2, 0.25) is 0 Å². The molecule has 4 nitrogen and oxygen atoms in total. The minimum atomic E-state index is -0.377. The van der Waals surface area contributed by atoms with Gasteiger partial charge in [0.05, 0.1) is 12.7 Å². The predicted octanol–water partition coefficient (Wildman–Crippen LogP) is 5.54. The molecule has 0 spiro atoms. The molecule has 2 rings (SSSR count). The average molecular weight is 405 g/mol. The van der Waals surface area contributed by atoms with Gasteiger partial charge in [-0.3, -0.25) is 9.59 Å². The van der Waals surface area contributed by atoms with Gasteiger partial charge in [-0.05, 0) is 63.2 Å². The number of ether oxygens (including phenoxy) is 1. The number of rotatable bonds is 13. The van der Waals surface area contributed by atoms with Crippen LogP contribution in [-0.2, 0) is 14.3 Å². The molecule has 0 amide bonds. The van der Waals surface area contributed by atoms with Gasteiger partial charge < -0.3 is 9.84 Å². The first kappa shape index (κ1) is 23.9. The number of aliphatic hydroxyl groups excluding tert-OH is 1. The lowest BCUT2D eigenvalue weighted by Crippen LogP contribution is -2.40. The second kappa shape index (κ2) is 12.3. The van der Waals surface area contributed by atoms with E-state index in [2.05, 4.69) is 25.2 Å². The number of carbonyl (C=O) groups is 2. The summed E-state index contributed by atoms with van der Waals surface area (Å²) in [5, 5.41) is 10.8. The maximum Gasteiger partial charge on any atom is 0.305 e. The van der Waals surface area contributed by atoms with Crippen LogP contribution < -0.4 is 0 Å². The maximum atomic E-state index is 12.3. The summed E-state index contributed by atoms with van der Waals surface area (Å²) >= 11 is 0. The zero-order valence-electron chi connectivity index (χ0n) is 18.4. The molecule has 164 valence electrons. The molecule has 0 saturated heterocycles. The third-order valence-corrected chi connectivity index (χ3v) is 6.81. The summed E-state index contributed by atoms with van der Waals surface area (Å²) in [6.45, 7) is 4.45. The van der Waals surface area contributed by atoms with Crippen molar-refractivity contribution in [2.75, 3.05) is 6.61 Å². The lowest BCUT2D eigenvalue weighted by Gasteiger charge is -2.45. The van der Waals surface area contributed by atoms with E-state index < -0.39 is 0 Å². The third kappa shape index (κ3) is 7.09. The van der Waals surface area contributed by atoms with Crippen LogP contribution in [-0.4, -0.2) is 29.6 Å². The van der Waals surface area contributed by atoms with E-state index in [0.717, 1.165) is 44.9 Å². The number of ketones is 1. The smallest absolute Gasteiger partial charge is 0.305 e. The molecule has 2 aliphatic rings. The highest BCUT2D eigenvalue weighted by atomic mass is 16.5. The minimum Gasteiger partial charge on any atom is -0.466 e. The highest BCUT2D eigenvalue weighted by Crippen LogP contribution is 2.48. The van der Waals surface area contributed by atoms with Gasteiger partial charge in [-0.15, -0.1) is 0 Å². The first-order chi connectivity index (χ1) is 14.0. The number of hydrogen-bond acceptors (Lipinski definition) is 4. The van der Waals surface area contributed by atoms with E-state index in [1.807, 2.05) is 13.0 Å². The molecule has 4 heteroatoms. The Balaban J connectivity index is 1.79. The first-order valence-electron chi connectivity index (χ1n) is 11.7. The highest BCUT2D eigenvalue weighted by molar-refractivity contribution is 5.83. The molecule has 0 aromatic carbocycles. The lowest BCUT2D eigenvalue weighted by atomic mass is 9.62. The standard InChI is InChI=1S/C25H40O4/c1-3-5-17-25(18-10-19-25)23(27)16-14-20-13-15-22(26)21(20)11-8-6-7-9-12-24(28)29-4-2/h6,8,14,16,20-21,23,27H,3-5,7,9-13,15,17-19H2,1-2H3/b8-6-,16-14+/t20?,21-,23-/m1/s1. The summed E-state index contributed by atoms with van der Waals surface area (Å²) in [5.74, 6) is 0.478. The fourth-order valence-corrected chi connectivity index (χ4v) is 4.73. The van der Waals surface area contributed by atoms with Crippen LogP contribution in [0.2, 0.25) is 0 Å². The molecule has 0 aromatic heterocycles.